The third-order valence-electron chi connectivity index (χ3n) is 3.68. The molecule has 0 radical (unpaired) electrons. The van der Waals surface area contributed by atoms with E-state index in [1.165, 1.54) is 0 Å². The predicted octanol–water partition coefficient (Wildman–Crippen LogP) is 2.73. The smallest absolute Gasteiger partial charge is 0.158 e. The number of halogens is 1. The summed E-state index contributed by atoms with van der Waals surface area (Å²) in [7, 11) is 0. The molecule has 1 aliphatic rings. The zero-order valence-electron chi connectivity index (χ0n) is 10.9. The summed E-state index contributed by atoms with van der Waals surface area (Å²) in [6, 6.07) is 3.97. The van der Waals surface area contributed by atoms with Gasteiger partial charge in [-0.1, -0.05) is 15.9 Å². The molecule has 102 valence electrons. The molecule has 0 aliphatic carbocycles. The molecule has 1 fully saturated rings. The van der Waals surface area contributed by atoms with E-state index in [9.17, 15) is 5.11 Å². The third kappa shape index (κ3) is 2.23. The highest BCUT2D eigenvalue weighted by molar-refractivity contribution is 9.10. The van der Waals surface area contributed by atoms with Gasteiger partial charge < -0.3 is 10.0 Å². The second-order valence-electron chi connectivity index (χ2n) is 5.56. The zero-order valence-corrected chi connectivity index (χ0v) is 12.5. The largest absolute Gasteiger partial charge is 0.388 e. The van der Waals surface area contributed by atoms with Crippen molar-refractivity contribution in [2.75, 3.05) is 11.4 Å². The number of hydrogen-bond donors (Lipinski definition) is 1. The second-order valence-corrected chi connectivity index (χ2v) is 6.48. The number of hydrogen-bond acceptors (Lipinski definition) is 5. The Morgan fingerprint density at radius 3 is 2.95 bits per heavy atom. The van der Waals surface area contributed by atoms with Gasteiger partial charge in [0.15, 0.2) is 5.52 Å². The van der Waals surface area contributed by atoms with Crippen molar-refractivity contribution in [2.24, 2.45) is 0 Å². The molecule has 19 heavy (non-hydrogen) atoms. The van der Waals surface area contributed by atoms with Gasteiger partial charge in [-0.05, 0) is 49.1 Å². The van der Waals surface area contributed by atoms with Gasteiger partial charge in [0.1, 0.15) is 5.52 Å². The molecule has 0 amide bonds. The lowest BCUT2D eigenvalue weighted by Crippen LogP contribution is -2.45. The quantitative estimate of drug-likeness (QED) is 0.919. The number of fused-ring (bicyclic) bond motifs is 1. The van der Waals surface area contributed by atoms with Crippen LogP contribution in [0, 0.1) is 0 Å². The van der Waals surface area contributed by atoms with Gasteiger partial charge in [-0.15, -0.1) is 0 Å². The first-order valence-corrected chi connectivity index (χ1v) is 7.17. The molecule has 1 atom stereocenters. The van der Waals surface area contributed by atoms with Crippen LogP contribution < -0.4 is 4.90 Å². The van der Waals surface area contributed by atoms with Gasteiger partial charge in [-0.2, -0.15) is 0 Å². The molecular weight excluding hydrogens is 310 g/mol. The van der Waals surface area contributed by atoms with Gasteiger partial charge in [0, 0.05) is 11.0 Å². The molecule has 0 spiro atoms. The van der Waals surface area contributed by atoms with Crippen LogP contribution >= 0.6 is 15.9 Å². The zero-order chi connectivity index (χ0) is 13.6. The Labute approximate surface area is 119 Å². The fraction of sp³-hybridized carbons (Fsp3) is 0.538. The summed E-state index contributed by atoms with van der Waals surface area (Å²) < 4.78 is 5.77. The molecule has 5 nitrogen and oxygen atoms in total. The Balaban J connectivity index is 2.10. The van der Waals surface area contributed by atoms with Crippen molar-refractivity contribution < 1.29 is 9.74 Å². The topological polar surface area (TPSA) is 62.4 Å². The fourth-order valence-corrected chi connectivity index (χ4v) is 3.28. The summed E-state index contributed by atoms with van der Waals surface area (Å²) in [5.74, 6) is 0. The lowest BCUT2D eigenvalue weighted by molar-refractivity contribution is 0.0535. The third-order valence-corrected chi connectivity index (χ3v) is 4.14. The molecule has 1 aliphatic heterocycles. The van der Waals surface area contributed by atoms with Crippen LogP contribution in [0.3, 0.4) is 0 Å². The normalized spacial score (nSPS) is 20.4. The van der Waals surface area contributed by atoms with Crippen LogP contribution in [0.15, 0.2) is 21.2 Å². The Morgan fingerprint density at radius 2 is 2.21 bits per heavy atom. The molecule has 2 aromatic rings. The van der Waals surface area contributed by atoms with Crippen LogP contribution in [0.2, 0.25) is 0 Å². The number of aliphatic hydroxyl groups is 1. The maximum absolute atomic E-state index is 10.3. The molecule has 6 heteroatoms. The summed E-state index contributed by atoms with van der Waals surface area (Å²) in [6.45, 7) is 4.62. The molecular formula is C13H16BrN3O2. The summed E-state index contributed by atoms with van der Waals surface area (Å²) in [5, 5.41) is 18.2. The minimum Gasteiger partial charge on any atom is -0.388 e. The molecule has 0 saturated carbocycles. The second kappa shape index (κ2) is 4.45. The monoisotopic (exact) mass is 325 g/mol. The maximum atomic E-state index is 10.3. The minimum atomic E-state index is -0.748. The van der Waals surface area contributed by atoms with Crippen molar-refractivity contribution in [3.8, 4) is 0 Å². The van der Waals surface area contributed by atoms with Gasteiger partial charge in [0.2, 0.25) is 0 Å². The van der Waals surface area contributed by atoms with E-state index in [1.54, 1.807) is 0 Å². The summed E-state index contributed by atoms with van der Waals surface area (Å²) in [4.78, 5) is 2.21. The highest BCUT2D eigenvalue weighted by Crippen LogP contribution is 2.36. The van der Waals surface area contributed by atoms with E-state index in [2.05, 4.69) is 31.1 Å². The van der Waals surface area contributed by atoms with Crippen molar-refractivity contribution in [1.29, 1.82) is 0 Å². The van der Waals surface area contributed by atoms with E-state index >= 15 is 0 Å². The summed E-state index contributed by atoms with van der Waals surface area (Å²) in [6.07, 6.45) is 2.04. The van der Waals surface area contributed by atoms with E-state index in [0.717, 1.165) is 40.6 Å². The van der Waals surface area contributed by atoms with Crippen molar-refractivity contribution in [3.63, 3.8) is 0 Å². The average Bonchev–Trinajstić information content (AvgIpc) is 2.94. The van der Waals surface area contributed by atoms with E-state index < -0.39 is 5.60 Å². The van der Waals surface area contributed by atoms with Crippen LogP contribution in [0.5, 0.6) is 0 Å². The summed E-state index contributed by atoms with van der Waals surface area (Å²) >= 11 is 3.49. The van der Waals surface area contributed by atoms with Crippen molar-refractivity contribution >= 4 is 32.7 Å². The van der Waals surface area contributed by atoms with E-state index in [1.807, 2.05) is 26.0 Å². The van der Waals surface area contributed by atoms with Crippen molar-refractivity contribution in [1.82, 2.24) is 10.3 Å². The Morgan fingerprint density at radius 1 is 1.42 bits per heavy atom. The molecule has 1 aromatic heterocycles. The highest BCUT2D eigenvalue weighted by atomic mass is 79.9. The van der Waals surface area contributed by atoms with Crippen molar-refractivity contribution in [2.45, 2.75) is 38.3 Å². The number of nitrogens with zero attached hydrogens (tertiary/aromatic N) is 3. The van der Waals surface area contributed by atoms with Gasteiger partial charge in [-0.25, -0.2) is 4.63 Å². The fourth-order valence-electron chi connectivity index (χ4n) is 2.85. The van der Waals surface area contributed by atoms with E-state index in [-0.39, 0.29) is 6.04 Å². The number of benzene rings is 1. The molecule has 2 heterocycles. The van der Waals surface area contributed by atoms with Gasteiger partial charge >= 0.3 is 0 Å². The molecule has 0 unspecified atom stereocenters. The Hall–Kier alpha value is -1.14. The number of anilines is 1. The van der Waals surface area contributed by atoms with Crippen LogP contribution in [-0.2, 0) is 0 Å². The standard InChI is InChI=1S/C13H16BrN3O2/c1-13(2,18)11-4-3-5-17(11)10-7-8(14)6-9-12(10)16-19-15-9/h6-7,11,18H,3-5H2,1-2H3/t11-/m0/s1. The van der Waals surface area contributed by atoms with Crippen LogP contribution in [-0.4, -0.2) is 33.6 Å². The van der Waals surface area contributed by atoms with Gasteiger partial charge in [0.05, 0.1) is 17.3 Å². The van der Waals surface area contributed by atoms with Crippen LogP contribution in [0.1, 0.15) is 26.7 Å². The first-order valence-electron chi connectivity index (χ1n) is 6.37. The van der Waals surface area contributed by atoms with Gasteiger partial charge in [-0.3, -0.25) is 0 Å². The Bertz CT molecular complexity index is 605. The predicted molar refractivity (Wildman–Crippen MR) is 76.2 cm³/mol. The molecule has 3 rings (SSSR count). The first-order chi connectivity index (χ1) is 8.97. The summed E-state index contributed by atoms with van der Waals surface area (Å²) in [5.41, 5.74) is 1.70. The molecule has 1 N–H and O–H groups in total. The van der Waals surface area contributed by atoms with Crippen LogP contribution in [0.4, 0.5) is 5.69 Å². The van der Waals surface area contributed by atoms with Crippen LogP contribution in [0.25, 0.3) is 11.0 Å². The number of rotatable bonds is 2. The highest BCUT2D eigenvalue weighted by Gasteiger charge is 2.37. The Kier molecular flexibility index (Phi) is 3.02. The molecule has 0 bridgehead atoms. The first kappa shape index (κ1) is 12.9. The maximum Gasteiger partial charge on any atom is 0.158 e. The van der Waals surface area contributed by atoms with E-state index in [0.29, 0.717) is 0 Å². The minimum absolute atomic E-state index is 0.0849. The van der Waals surface area contributed by atoms with Gasteiger partial charge in [0.25, 0.3) is 0 Å². The average molecular weight is 326 g/mol. The van der Waals surface area contributed by atoms with Crippen molar-refractivity contribution in [3.05, 3.63) is 16.6 Å². The molecule has 1 saturated heterocycles. The molecule has 1 aromatic carbocycles. The lowest BCUT2D eigenvalue weighted by Gasteiger charge is -2.35. The van der Waals surface area contributed by atoms with E-state index in [4.69, 9.17) is 4.63 Å². The number of aromatic nitrogens is 2. The lowest BCUT2D eigenvalue weighted by atomic mass is 9.96. The SMILES string of the molecule is CC(C)(O)[C@@H]1CCCN1c1cc(Br)cc2nonc12.